The van der Waals surface area contributed by atoms with Crippen LogP contribution in [0.1, 0.15) is 46.1 Å². The average Bonchev–Trinajstić information content (AvgIpc) is 2.59. The van der Waals surface area contributed by atoms with Gasteiger partial charge < -0.3 is 20.6 Å². The average molecular weight is 379 g/mol. The summed E-state index contributed by atoms with van der Waals surface area (Å²) in [4.78, 5) is 26.0. The van der Waals surface area contributed by atoms with E-state index in [2.05, 4.69) is 10.6 Å². The molecule has 150 valence electrons. The fourth-order valence-corrected chi connectivity index (χ4v) is 2.84. The van der Waals surface area contributed by atoms with Crippen molar-refractivity contribution in [3.63, 3.8) is 0 Å². The number of nitrogens with one attached hydrogen (secondary N) is 2. The van der Waals surface area contributed by atoms with Gasteiger partial charge in [0.15, 0.2) is 0 Å². The first-order valence-corrected chi connectivity index (χ1v) is 9.38. The molecule has 2 rings (SSSR count). The number of aliphatic hydroxyl groups excluding tert-OH is 1. The number of nitrogens with zero attached hydrogens (tertiary/aromatic N) is 1. The Balaban J connectivity index is 1.89. The van der Waals surface area contributed by atoms with E-state index in [1.54, 1.807) is 39.8 Å². The molecule has 27 heavy (non-hydrogen) atoms. The standard InChI is InChI=1S/C20H30FN3O3/c1-13(23-19(27)20(2,3)4)18(26)22-12-14-5-6-17(16(21)11-14)24-9-7-15(25)8-10-24/h5-6,11,13,15,25H,7-10,12H2,1-4H3,(H,22,26)(H,23,27). The maximum atomic E-state index is 14.4. The van der Waals surface area contributed by atoms with Crippen LogP contribution in [0.25, 0.3) is 0 Å². The normalized spacial score (nSPS) is 16.7. The lowest BCUT2D eigenvalue weighted by Gasteiger charge is -2.31. The number of hydrogen-bond donors (Lipinski definition) is 3. The lowest BCUT2D eigenvalue weighted by Crippen LogP contribution is -2.48. The summed E-state index contributed by atoms with van der Waals surface area (Å²) in [5.41, 5.74) is 0.594. The maximum Gasteiger partial charge on any atom is 0.242 e. The Labute approximate surface area is 160 Å². The summed E-state index contributed by atoms with van der Waals surface area (Å²) in [5, 5.41) is 15.0. The third-order valence-electron chi connectivity index (χ3n) is 4.71. The summed E-state index contributed by atoms with van der Waals surface area (Å²) >= 11 is 0. The van der Waals surface area contributed by atoms with Crippen molar-refractivity contribution in [1.29, 1.82) is 0 Å². The monoisotopic (exact) mass is 379 g/mol. The van der Waals surface area contributed by atoms with Gasteiger partial charge in [-0.15, -0.1) is 0 Å². The summed E-state index contributed by atoms with van der Waals surface area (Å²) < 4.78 is 14.4. The number of piperidine rings is 1. The molecular weight excluding hydrogens is 349 g/mol. The summed E-state index contributed by atoms with van der Waals surface area (Å²) in [7, 11) is 0. The third kappa shape index (κ3) is 5.92. The zero-order valence-corrected chi connectivity index (χ0v) is 16.5. The second-order valence-electron chi connectivity index (χ2n) is 8.17. The van der Waals surface area contributed by atoms with Crippen LogP contribution in [-0.2, 0) is 16.1 Å². The van der Waals surface area contributed by atoms with E-state index >= 15 is 0 Å². The quantitative estimate of drug-likeness (QED) is 0.730. The van der Waals surface area contributed by atoms with Gasteiger partial charge in [-0.25, -0.2) is 4.39 Å². The van der Waals surface area contributed by atoms with Gasteiger partial charge in [0.1, 0.15) is 11.9 Å². The van der Waals surface area contributed by atoms with Crippen molar-refractivity contribution in [3.05, 3.63) is 29.6 Å². The molecule has 1 atom stereocenters. The number of rotatable bonds is 5. The zero-order chi connectivity index (χ0) is 20.2. The van der Waals surface area contributed by atoms with Gasteiger partial charge in [-0.05, 0) is 37.5 Å². The van der Waals surface area contributed by atoms with Crippen LogP contribution in [0.2, 0.25) is 0 Å². The smallest absolute Gasteiger partial charge is 0.242 e. The maximum absolute atomic E-state index is 14.4. The van der Waals surface area contributed by atoms with Gasteiger partial charge in [0.25, 0.3) is 0 Å². The predicted octanol–water partition coefficient (Wildman–Crippen LogP) is 1.95. The van der Waals surface area contributed by atoms with Gasteiger partial charge in [0, 0.05) is 25.0 Å². The first-order chi connectivity index (χ1) is 12.6. The second-order valence-corrected chi connectivity index (χ2v) is 8.17. The van der Waals surface area contributed by atoms with Gasteiger partial charge in [-0.1, -0.05) is 26.8 Å². The van der Waals surface area contributed by atoms with Gasteiger partial charge in [-0.3, -0.25) is 9.59 Å². The van der Waals surface area contributed by atoms with E-state index in [0.29, 0.717) is 37.2 Å². The minimum Gasteiger partial charge on any atom is -0.393 e. The zero-order valence-electron chi connectivity index (χ0n) is 16.5. The molecule has 0 radical (unpaired) electrons. The second kappa shape index (κ2) is 8.69. The van der Waals surface area contributed by atoms with Gasteiger partial charge in [-0.2, -0.15) is 0 Å². The molecule has 3 N–H and O–H groups in total. The highest BCUT2D eigenvalue weighted by Gasteiger charge is 2.25. The molecule has 6 nitrogen and oxygen atoms in total. The van der Waals surface area contributed by atoms with Crippen LogP contribution in [0.5, 0.6) is 0 Å². The molecule has 2 amide bonds. The van der Waals surface area contributed by atoms with Crippen molar-refractivity contribution in [2.45, 2.75) is 59.2 Å². The van der Waals surface area contributed by atoms with Gasteiger partial charge in [0.2, 0.25) is 11.8 Å². The molecule has 1 saturated heterocycles. The number of benzene rings is 1. The van der Waals surface area contributed by atoms with E-state index in [4.69, 9.17) is 0 Å². The third-order valence-corrected chi connectivity index (χ3v) is 4.71. The Bertz CT molecular complexity index is 680. The Hall–Kier alpha value is -2.15. The highest BCUT2D eigenvalue weighted by Crippen LogP contribution is 2.24. The Morgan fingerprint density at radius 3 is 2.48 bits per heavy atom. The Kier molecular flexibility index (Phi) is 6.81. The van der Waals surface area contributed by atoms with E-state index in [9.17, 15) is 19.1 Å². The highest BCUT2D eigenvalue weighted by molar-refractivity contribution is 5.89. The number of hydrogen-bond acceptors (Lipinski definition) is 4. The molecule has 1 aromatic carbocycles. The molecule has 0 bridgehead atoms. The number of anilines is 1. The van der Waals surface area contributed by atoms with Crippen LogP contribution in [0.4, 0.5) is 10.1 Å². The number of carbonyl (C=O) groups is 2. The lowest BCUT2D eigenvalue weighted by atomic mass is 9.95. The van der Waals surface area contributed by atoms with Crippen LogP contribution >= 0.6 is 0 Å². The lowest BCUT2D eigenvalue weighted by molar-refractivity contribution is -0.133. The molecule has 0 saturated carbocycles. The number of halogens is 1. The molecule has 1 aromatic rings. The molecule has 1 unspecified atom stereocenters. The highest BCUT2D eigenvalue weighted by atomic mass is 19.1. The molecular formula is C20H30FN3O3. The number of aliphatic hydroxyl groups is 1. The molecule has 1 heterocycles. The number of carbonyl (C=O) groups excluding carboxylic acids is 2. The minimum atomic E-state index is -0.666. The summed E-state index contributed by atoms with van der Waals surface area (Å²) in [6.07, 6.45) is 0.963. The van der Waals surface area contributed by atoms with Gasteiger partial charge in [0.05, 0.1) is 11.8 Å². The molecule has 7 heteroatoms. The Morgan fingerprint density at radius 1 is 1.30 bits per heavy atom. The number of amides is 2. The van der Waals surface area contributed by atoms with E-state index < -0.39 is 11.5 Å². The Morgan fingerprint density at radius 2 is 1.93 bits per heavy atom. The van der Waals surface area contributed by atoms with E-state index in [1.165, 1.54) is 6.07 Å². The van der Waals surface area contributed by atoms with E-state index in [0.717, 1.165) is 0 Å². The first kappa shape index (κ1) is 21.2. The van der Waals surface area contributed by atoms with Crippen LogP contribution in [0.3, 0.4) is 0 Å². The fraction of sp³-hybridized carbons (Fsp3) is 0.600. The molecule has 1 aliphatic heterocycles. The predicted molar refractivity (Wildman–Crippen MR) is 103 cm³/mol. The van der Waals surface area contributed by atoms with Crippen LogP contribution in [0.15, 0.2) is 18.2 Å². The fourth-order valence-electron chi connectivity index (χ4n) is 2.84. The summed E-state index contributed by atoms with van der Waals surface area (Å²) in [6, 6.07) is 4.24. The van der Waals surface area contributed by atoms with Crippen molar-refractivity contribution in [1.82, 2.24) is 10.6 Å². The summed E-state index contributed by atoms with van der Waals surface area (Å²) in [6.45, 7) is 8.39. The van der Waals surface area contributed by atoms with E-state index in [-0.39, 0.29) is 30.3 Å². The van der Waals surface area contributed by atoms with Crippen LogP contribution < -0.4 is 15.5 Å². The minimum absolute atomic E-state index is 0.185. The van der Waals surface area contributed by atoms with Crippen molar-refractivity contribution in [3.8, 4) is 0 Å². The topological polar surface area (TPSA) is 81.7 Å². The van der Waals surface area contributed by atoms with Gasteiger partial charge >= 0.3 is 0 Å². The van der Waals surface area contributed by atoms with Crippen molar-refractivity contribution in [2.75, 3.05) is 18.0 Å². The SMILES string of the molecule is CC(NC(=O)C(C)(C)C)C(=O)NCc1ccc(N2CCC(O)CC2)c(F)c1. The molecule has 0 spiro atoms. The molecule has 0 aromatic heterocycles. The van der Waals surface area contributed by atoms with Crippen molar-refractivity contribution in [2.24, 2.45) is 5.41 Å². The van der Waals surface area contributed by atoms with Crippen molar-refractivity contribution >= 4 is 17.5 Å². The molecule has 0 aliphatic carbocycles. The van der Waals surface area contributed by atoms with E-state index in [1.807, 2.05) is 4.90 Å². The largest absolute Gasteiger partial charge is 0.393 e. The summed E-state index contributed by atoms with van der Waals surface area (Å²) in [5.74, 6) is -0.860. The van der Waals surface area contributed by atoms with Crippen LogP contribution in [-0.4, -0.2) is 42.2 Å². The van der Waals surface area contributed by atoms with Crippen molar-refractivity contribution < 1.29 is 19.1 Å². The molecule has 1 aliphatic rings. The molecule has 1 fully saturated rings. The van der Waals surface area contributed by atoms with Crippen LogP contribution in [0, 0.1) is 11.2 Å². The first-order valence-electron chi connectivity index (χ1n) is 9.38.